The Hall–Kier alpha value is -1.28. The van der Waals surface area contributed by atoms with Crippen LogP contribution >= 0.6 is 11.8 Å². The number of amides is 1. The lowest BCUT2D eigenvalue weighted by atomic mass is 10.3. The fourth-order valence-corrected chi connectivity index (χ4v) is 2.87. The first-order chi connectivity index (χ1) is 8.99. The molecule has 1 aliphatic carbocycles. The third kappa shape index (κ3) is 3.60. The SMILES string of the molecule is CC(C)n1c(SCC(NC2CC2)C(N)=O)n[nH]c1=O. The number of primary amides is 1. The van der Waals surface area contributed by atoms with Crippen molar-refractivity contribution in [2.75, 3.05) is 5.75 Å². The highest BCUT2D eigenvalue weighted by Crippen LogP contribution is 2.22. The van der Waals surface area contributed by atoms with Gasteiger partial charge in [-0.25, -0.2) is 9.89 Å². The summed E-state index contributed by atoms with van der Waals surface area (Å²) in [5, 5.41) is 10.2. The van der Waals surface area contributed by atoms with Gasteiger partial charge in [-0.1, -0.05) is 11.8 Å². The smallest absolute Gasteiger partial charge is 0.344 e. The lowest BCUT2D eigenvalue weighted by molar-refractivity contribution is -0.119. The van der Waals surface area contributed by atoms with Crippen LogP contribution in [0.4, 0.5) is 0 Å². The van der Waals surface area contributed by atoms with Crippen LogP contribution in [-0.2, 0) is 4.79 Å². The maximum atomic E-state index is 11.6. The lowest BCUT2D eigenvalue weighted by Crippen LogP contribution is -2.44. The number of carbonyl (C=O) groups excluding carboxylic acids is 1. The number of carbonyl (C=O) groups is 1. The van der Waals surface area contributed by atoms with E-state index in [1.165, 1.54) is 11.8 Å². The van der Waals surface area contributed by atoms with Crippen molar-refractivity contribution in [2.45, 2.75) is 50.0 Å². The van der Waals surface area contributed by atoms with Crippen molar-refractivity contribution in [3.63, 3.8) is 0 Å². The molecule has 1 atom stereocenters. The Morgan fingerprint density at radius 3 is 2.84 bits per heavy atom. The summed E-state index contributed by atoms with van der Waals surface area (Å²) in [6.07, 6.45) is 2.18. The molecule has 1 heterocycles. The third-order valence-electron chi connectivity index (χ3n) is 2.93. The van der Waals surface area contributed by atoms with Crippen LogP contribution in [0.5, 0.6) is 0 Å². The predicted molar refractivity (Wildman–Crippen MR) is 73.1 cm³/mol. The van der Waals surface area contributed by atoms with E-state index in [1.54, 1.807) is 4.57 Å². The van der Waals surface area contributed by atoms with Crippen LogP contribution in [0.1, 0.15) is 32.7 Å². The van der Waals surface area contributed by atoms with Gasteiger partial charge in [0.25, 0.3) is 0 Å². The number of aromatic nitrogens is 3. The van der Waals surface area contributed by atoms with Crippen molar-refractivity contribution in [1.82, 2.24) is 20.1 Å². The Balaban J connectivity index is 2.00. The van der Waals surface area contributed by atoms with Crippen molar-refractivity contribution in [3.8, 4) is 0 Å². The number of thioether (sulfide) groups is 1. The zero-order valence-electron chi connectivity index (χ0n) is 11.0. The van der Waals surface area contributed by atoms with E-state index in [0.29, 0.717) is 17.0 Å². The molecule has 0 aliphatic heterocycles. The van der Waals surface area contributed by atoms with Crippen LogP contribution in [0.25, 0.3) is 0 Å². The van der Waals surface area contributed by atoms with Gasteiger partial charge in [-0.3, -0.25) is 9.36 Å². The zero-order valence-corrected chi connectivity index (χ0v) is 11.9. The number of nitrogens with two attached hydrogens (primary N) is 1. The molecule has 1 aliphatic rings. The van der Waals surface area contributed by atoms with E-state index in [2.05, 4.69) is 15.5 Å². The minimum Gasteiger partial charge on any atom is -0.368 e. The summed E-state index contributed by atoms with van der Waals surface area (Å²) in [6.45, 7) is 3.82. The van der Waals surface area contributed by atoms with Gasteiger partial charge in [0.1, 0.15) is 0 Å². The zero-order chi connectivity index (χ0) is 14.0. The Kier molecular flexibility index (Phi) is 4.31. The Morgan fingerprint density at radius 2 is 2.32 bits per heavy atom. The van der Waals surface area contributed by atoms with E-state index in [9.17, 15) is 9.59 Å². The Bertz CT molecular complexity index is 505. The summed E-state index contributed by atoms with van der Waals surface area (Å²) in [4.78, 5) is 22.9. The van der Waals surface area contributed by atoms with Crippen molar-refractivity contribution < 1.29 is 4.79 Å². The number of hydrogen-bond acceptors (Lipinski definition) is 5. The van der Waals surface area contributed by atoms with E-state index in [1.807, 2.05) is 13.8 Å². The van der Waals surface area contributed by atoms with E-state index in [4.69, 9.17) is 5.73 Å². The average Bonchev–Trinajstić information content (AvgIpc) is 3.06. The monoisotopic (exact) mass is 285 g/mol. The van der Waals surface area contributed by atoms with E-state index >= 15 is 0 Å². The van der Waals surface area contributed by atoms with Crippen LogP contribution in [0.2, 0.25) is 0 Å². The van der Waals surface area contributed by atoms with Gasteiger partial charge in [-0.05, 0) is 26.7 Å². The molecule has 0 radical (unpaired) electrons. The van der Waals surface area contributed by atoms with E-state index in [-0.39, 0.29) is 23.7 Å². The summed E-state index contributed by atoms with van der Waals surface area (Å²) < 4.78 is 1.57. The molecule has 1 fully saturated rings. The van der Waals surface area contributed by atoms with Crippen LogP contribution in [0, 0.1) is 0 Å². The quantitative estimate of drug-likeness (QED) is 0.604. The van der Waals surface area contributed by atoms with Crippen molar-refractivity contribution in [3.05, 3.63) is 10.5 Å². The molecule has 0 saturated heterocycles. The first-order valence-electron chi connectivity index (χ1n) is 6.34. The molecule has 0 bridgehead atoms. The fraction of sp³-hybridized carbons (Fsp3) is 0.727. The lowest BCUT2D eigenvalue weighted by Gasteiger charge is -2.15. The number of rotatable bonds is 7. The second kappa shape index (κ2) is 5.79. The molecule has 19 heavy (non-hydrogen) atoms. The number of H-pyrrole nitrogens is 1. The maximum Gasteiger partial charge on any atom is 0.344 e. The molecule has 8 heteroatoms. The van der Waals surface area contributed by atoms with Crippen molar-refractivity contribution in [2.24, 2.45) is 5.73 Å². The molecule has 1 amide bonds. The number of nitrogens with one attached hydrogen (secondary N) is 2. The number of nitrogens with zero attached hydrogens (tertiary/aromatic N) is 2. The summed E-state index contributed by atoms with van der Waals surface area (Å²) in [5.74, 6) is 0.108. The van der Waals surface area contributed by atoms with Crippen molar-refractivity contribution >= 4 is 17.7 Å². The average molecular weight is 285 g/mol. The Morgan fingerprint density at radius 1 is 1.63 bits per heavy atom. The maximum absolute atomic E-state index is 11.6. The third-order valence-corrected chi connectivity index (χ3v) is 3.97. The van der Waals surface area contributed by atoms with Gasteiger partial charge < -0.3 is 11.1 Å². The first-order valence-corrected chi connectivity index (χ1v) is 7.32. The Labute approximate surface area is 115 Å². The number of hydrogen-bond donors (Lipinski definition) is 3. The van der Waals surface area contributed by atoms with Crippen LogP contribution in [-0.4, -0.2) is 38.5 Å². The summed E-state index contributed by atoms with van der Waals surface area (Å²) >= 11 is 1.36. The molecule has 1 aromatic rings. The standard InChI is InChI=1S/C11H19N5O2S/c1-6(2)16-10(18)14-15-11(16)19-5-8(9(12)17)13-7-3-4-7/h6-8,13H,3-5H2,1-2H3,(H2,12,17)(H,14,18). The molecular weight excluding hydrogens is 266 g/mol. The molecule has 0 spiro atoms. The van der Waals surface area contributed by atoms with Gasteiger partial charge in [0, 0.05) is 17.8 Å². The van der Waals surface area contributed by atoms with E-state index in [0.717, 1.165) is 12.8 Å². The largest absolute Gasteiger partial charge is 0.368 e. The van der Waals surface area contributed by atoms with Crippen LogP contribution in [0.3, 0.4) is 0 Å². The molecule has 1 aromatic heterocycles. The topological polar surface area (TPSA) is 106 Å². The number of aromatic amines is 1. The fourth-order valence-electron chi connectivity index (χ4n) is 1.75. The van der Waals surface area contributed by atoms with Gasteiger partial charge in [0.2, 0.25) is 5.91 Å². The summed E-state index contributed by atoms with van der Waals surface area (Å²) in [6, 6.07) is 0.0478. The van der Waals surface area contributed by atoms with Gasteiger partial charge in [-0.2, -0.15) is 0 Å². The molecule has 2 rings (SSSR count). The summed E-state index contributed by atoms with van der Waals surface area (Å²) in [7, 11) is 0. The van der Waals surface area contributed by atoms with Crippen LogP contribution < -0.4 is 16.7 Å². The first kappa shape index (κ1) is 14.1. The van der Waals surface area contributed by atoms with E-state index < -0.39 is 0 Å². The molecule has 4 N–H and O–H groups in total. The molecule has 1 saturated carbocycles. The highest BCUT2D eigenvalue weighted by molar-refractivity contribution is 7.99. The molecule has 106 valence electrons. The predicted octanol–water partition coefficient (Wildman–Crippen LogP) is -0.150. The molecule has 0 aromatic carbocycles. The normalized spacial score (nSPS) is 16.8. The van der Waals surface area contributed by atoms with Gasteiger partial charge in [0.05, 0.1) is 6.04 Å². The molecule has 1 unspecified atom stereocenters. The van der Waals surface area contributed by atoms with Gasteiger partial charge in [0.15, 0.2) is 5.16 Å². The molecular formula is C11H19N5O2S. The summed E-state index contributed by atoms with van der Waals surface area (Å²) in [5.41, 5.74) is 5.14. The minimum absolute atomic E-state index is 0.0252. The van der Waals surface area contributed by atoms with Crippen LogP contribution in [0.15, 0.2) is 9.95 Å². The second-order valence-corrected chi connectivity index (χ2v) is 5.97. The molecule has 7 nitrogen and oxygen atoms in total. The second-order valence-electron chi connectivity index (χ2n) is 4.98. The van der Waals surface area contributed by atoms with Crippen molar-refractivity contribution in [1.29, 1.82) is 0 Å². The van der Waals surface area contributed by atoms with Gasteiger partial charge in [-0.15, -0.1) is 5.10 Å². The highest BCUT2D eigenvalue weighted by atomic mass is 32.2. The highest BCUT2D eigenvalue weighted by Gasteiger charge is 2.27. The minimum atomic E-state index is -0.384. The van der Waals surface area contributed by atoms with Gasteiger partial charge >= 0.3 is 5.69 Å².